The third kappa shape index (κ3) is 6.40. The molecular formula is C21H34N4O2. The van der Waals surface area contributed by atoms with Gasteiger partial charge in [0.2, 0.25) is 0 Å². The van der Waals surface area contributed by atoms with E-state index in [1.807, 2.05) is 17.0 Å². The Hall–Kier alpha value is -1.79. The molecule has 2 amide bonds. The second kappa shape index (κ2) is 9.95. The van der Waals surface area contributed by atoms with Gasteiger partial charge in [-0.25, -0.2) is 4.79 Å². The number of piperazine rings is 1. The van der Waals surface area contributed by atoms with Gasteiger partial charge in [0.05, 0.1) is 0 Å². The summed E-state index contributed by atoms with van der Waals surface area (Å²) >= 11 is 0. The molecule has 0 atom stereocenters. The highest BCUT2D eigenvalue weighted by molar-refractivity contribution is 5.74. The van der Waals surface area contributed by atoms with E-state index in [9.17, 15) is 9.90 Å². The maximum atomic E-state index is 12.4. The molecule has 150 valence electrons. The van der Waals surface area contributed by atoms with Gasteiger partial charge in [-0.05, 0) is 56.3 Å². The van der Waals surface area contributed by atoms with Crippen molar-refractivity contribution in [3.05, 3.63) is 29.8 Å². The predicted octanol–water partition coefficient (Wildman–Crippen LogP) is 1.99. The van der Waals surface area contributed by atoms with Crippen molar-refractivity contribution in [1.29, 1.82) is 0 Å². The average molecular weight is 375 g/mol. The standard InChI is InChI=1S/C21H34N4O2/c1-23-13-15-24(16-14-23)17-19-8-11-25(12-9-19)21(27)22-10-2-3-18-4-6-20(26)7-5-18/h4-7,19,26H,2-3,8-17H2,1H3,(H,22,27). The molecule has 0 bridgehead atoms. The number of carbonyl (C=O) groups excluding carboxylic acids is 1. The number of nitrogens with zero attached hydrogens (tertiary/aromatic N) is 3. The summed E-state index contributed by atoms with van der Waals surface area (Å²) in [5.41, 5.74) is 1.19. The van der Waals surface area contributed by atoms with E-state index in [0.29, 0.717) is 12.3 Å². The Balaban J connectivity index is 1.28. The van der Waals surface area contributed by atoms with Crippen molar-refractivity contribution in [3.63, 3.8) is 0 Å². The Morgan fingerprint density at radius 2 is 1.74 bits per heavy atom. The molecule has 2 aliphatic rings. The number of hydrogen-bond acceptors (Lipinski definition) is 4. The summed E-state index contributed by atoms with van der Waals surface area (Å²) in [5, 5.41) is 12.4. The number of likely N-dealkylation sites (N-methyl/N-ethyl adjacent to an activating group) is 1. The fraction of sp³-hybridized carbons (Fsp3) is 0.667. The van der Waals surface area contributed by atoms with E-state index >= 15 is 0 Å². The third-order valence-corrected chi connectivity index (χ3v) is 5.87. The van der Waals surface area contributed by atoms with Crippen LogP contribution in [0.25, 0.3) is 0 Å². The summed E-state index contributed by atoms with van der Waals surface area (Å²) in [5.74, 6) is 1.02. The Morgan fingerprint density at radius 1 is 1.07 bits per heavy atom. The number of amides is 2. The van der Waals surface area contributed by atoms with Crippen molar-refractivity contribution in [1.82, 2.24) is 20.0 Å². The maximum absolute atomic E-state index is 12.4. The first-order chi connectivity index (χ1) is 13.1. The Morgan fingerprint density at radius 3 is 2.41 bits per heavy atom. The van der Waals surface area contributed by atoms with Gasteiger partial charge in [-0.15, -0.1) is 0 Å². The van der Waals surface area contributed by atoms with Crippen LogP contribution in [-0.2, 0) is 6.42 Å². The molecule has 2 aliphatic heterocycles. The number of phenols is 1. The van der Waals surface area contributed by atoms with Crippen LogP contribution in [0.2, 0.25) is 0 Å². The number of rotatable bonds is 6. The van der Waals surface area contributed by atoms with Crippen LogP contribution in [-0.4, -0.2) is 85.2 Å². The molecular weight excluding hydrogens is 340 g/mol. The molecule has 0 spiro atoms. The molecule has 2 heterocycles. The summed E-state index contributed by atoms with van der Waals surface area (Å²) in [6.07, 6.45) is 4.06. The van der Waals surface area contributed by atoms with E-state index < -0.39 is 0 Å². The number of piperidine rings is 1. The number of likely N-dealkylation sites (tertiary alicyclic amines) is 1. The lowest BCUT2D eigenvalue weighted by Crippen LogP contribution is -2.49. The monoisotopic (exact) mass is 374 g/mol. The molecule has 6 nitrogen and oxygen atoms in total. The van der Waals surface area contributed by atoms with Crippen LogP contribution < -0.4 is 5.32 Å². The minimum atomic E-state index is 0.0822. The zero-order chi connectivity index (χ0) is 19.1. The van der Waals surface area contributed by atoms with Gasteiger partial charge in [0.15, 0.2) is 0 Å². The lowest BCUT2D eigenvalue weighted by Gasteiger charge is -2.37. The van der Waals surface area contributed by atoms with E-state index in [1.54, 1.807) is 12.1 Å². The van der Waals surface area contributed by atoms with Crippen molar-refractivity contribution in [2.24, 2.45) is 5.92 Å². The molecule has 3 rings (SSSR count). The van der Waals surface area contributed by atoms with Gasteiger partial charge < -0.3 is 25.1 Å². The van der Waals surface area contributed by atoms with Crippen LogP contribution in [0.15, 0.2) is 24.3 Å². The van der Waals surface area contributed by atoms with E-state index in [4.69, 9.17) is 0 Å². The van der Waals surface area contributed by atoms with E-state index in [2.05, 4.69) is 22.2 Å². The number of urea groups is 1. The summed E-state index contributed by atoms with van der Waals surface area (Å²) < 4.78 is 0. The van der Waals surface area contributed by atoms with Crippen molar-refractivity contribution in [2.45, 2.75) is 25.7 Å². The van der Waals surface area contributed by atoms with Gasteiger partial charge in [-0.3, -0.25) is 0 Å². The number of carbonyl (C=O) groups is 1. The Kier molecular flexibility index (Phi) is 7.35. The van der Waals surface area contributed by atoms with Crippen LogP contribution >= 0.6 is 0 Å². The number of nitrogens with one attached hydrogen (secondary N) is 1. The molecule has 27 heavy (non-hydrogen) atoms. The molecule has 6 heteroatoms. The Bertz CT molecular complexity index is 576. The van der Waals surface area contributed by atoms with Gasteiger partial charge in [0, 0.05) is 52.4 Å². The molecule has 0 aromatic heterocycles. The first kappa shape index (κ1) is 20.0. The number of aryl methyl sites for hydroxylation is 1. The predicted molar refractivity (Wildman–Crippen MR) is 108 cm³/mol. The van der Waals surface area contributed by atoms with Gasteiger partial charge in [-0.2, -0.15) is 0 Å². The third-order valence-electron chi connectivity index (χ3n) is 5.87. The molecule has 1 aromatic rings. The average Bonchev–Trinajstić information content (AvgIpc) is 2.69. The van der Waals surface area contributed by atoms with E-state index in [1.165, 1.54) is 38.3 Å². The summed E-state index contributed by atoms with van der Waals surface area (Å²) in [6.45, 7) is 8.34. The van der Waals surface area contributed by atoms with E-state index in [0.717, 1.165) is 44.7 Å². The second-order valence-corrected chi connectivity index (χ2v) is 8.04. The summed E-state index contributed by atoms with van der Waals surface area (Å²) in [7, 11) is 2.19. The molecule has 1 aromatic carbocycles. The van der Waals surface area contributed by atoms with Crippen LogP contribution in [0, 0.1) is 5.92 Å². The van der Waals surface area contributed by atoms with Gasteiger partial charge in [0.25, 0.3) is 0 Å². The van der Waals surface area contributed by atoms with Crippen molar-refractivity contribution >= 4 is 6.03 Å². The summed E-state index contributed by atoms with van der Waals surface area (Å²) in [4.78, 5) is 19.3. The molecule has 0 saturated carbocycles. The molecule has 0 radical (unpaired) electrons. The first-order valence-corrected chi connectivity index (χ1v) is 10.3. The fourth-order valence-corrected chi connectivity index (χ4v) is 3.98. The largest absolute Gasteiger partial charge is 0.508 e. The van der Waals surface area contributed by atoms with Gasteiger partial charge in [-0.1, -0.05) is 12.1 Å². The number of benzene rings is 1. The lowest BCUT2D eigenvalue weighted by molar-refractivity contribution is 0.111. The van der Waals surface area contributed by atoms with Crippen LogP contribution in [0.5, 0.6) is 5.75 Å². The minimum Gasteiger partial charge on any atom is -0.508 e. The fourth-order valence-electron chi connectivity index (χ4n) is 3.98. The molecule has 0 aliphatic carbocycles. The Labute approximate surface area is 163 Å². The highest BCUT2D eigenvalue weighted by Gasteiger charge is 2.25. The minimum absolute atomic E-state index is 0.0822. The van der Waals surface area contributed by atoms with Crippen LogP contribution in [0.1, 0.15) is 24.8 Å². The second-order valence-electron chi connectivity index (χ2n) is 8.04. The quantitative estimate of drug-likeness (QED) is 0.748. The van der Waals surface area contributed by atoms with Crippen molar-refractivity contribution < 1.29 is 9.90 Å². The molecule has 2 saturated heterocycles. The molecule has 0 unspecified atom stereocenters. The summed E-state index contributed by atoms with van der Waals surface area (Å²) in [6, 6.07) is 7.36. The van der Waals surface area contributed by atoms with Gasteiger partial charge >= 0.3 is 6.03 Å². The number of hydrogen-bond donors (Lipinski definition) is 2. The normalized spacial score (nSPS) is 20.0. The zero-order valence-corrected chi connectivity index (χ0v) is 16.6. The van der Waals surface area contributed by atoms with Crippen molar-refractivity contribution in [2.75, 3.05) is 59.4 Å². The first-order valence-electron chi connectivity index (χ1n) is 10.3. The number of phenolic OH excluding ortho intramolecular Hbond substituents is 1. The van der Waals surface area contributed by atoms with Crippen molar-refractivity contribution in [3.8, 4) is 5.75 Å². The van der Waals surface area contributed by atoms with E-state index in [-0.39, 0.29) is 6.03 Å². The zero-order valence-electron chi connectivity index (χ0n) is 16.6. The molecule has 2 N–H and O–H groups in total. The maximum Gasteiger partial charge on any atom is 0.317 e. The highest BCUT2D eigenvalue weighted by Crippen LogP contribution is 2.19. The smallest absolute Gasteiger partial charge is 0.317 e. The van der Waals surface area contributed by atoms with Crippen LogP contribution in [0.4, 0.5) is 4.79 Å². The highest BCUT2D eigenvalue weighted by atomic mass is 16.3. The molecule has 2 fully saturated rings. The number of aromatic hydroxyl groups is 1. The van der Waals surface area contributed by atoms with Gasteiger partial charge in [0.1, 0.15) is 5.75 Å². The van der Waals surface area contributed by atoms with Crippen LogP contribution in [0.3, 0.4) is 0 Å². The SMILES string of the molecule is CN1CCN(CC2CCN(C(=O)NCCCc3ccc(O)cc3)CC2)CC1. The lowest BCUT2D eigenvalue weighted by atomic mass is 9.96. The topological polar surface area (TPSA) is 59.0 Å².